The minimum absolute atomic E-state index is 0.510. The Balaban J connectivity index is 2.44. The lowest BCUT2D eigenvalue weighted by Crippen LogP contribution is -2.35. The number of morpholine rings is 1. The zero-order valence-corrected chi connectivity index (χ0v) is 13.9. The highest BCUT2D eigenvalue weighted by Crippen LogP contribution is 2.52. The number of nitrogens with zero attached hydrogens (tertiary/aromatic N) is 1. The maximum absolute atomic E-state index is 12.9. The van der Waals surface area contributed by atoms with E-state index in [1.807, 2.05) is 4.67 Å². The van der Waals surface area contributed by atoms with Crippen LogP contribution in [0.4, 0.5) is 0 Å². The van der Waals surface area contributed by atoms with Crippen molar-refractivity contribution in [1.82, 2.24) is 4.67 Å². The van der Waals surface area contributed by atoms with Crippen LogP contribution < -0.4 is 0 Å². The molecule has 0 amide bonds. The van der Waals surface area contributed by atoms with Crippen molar-refractivity contribution in [2.24, 2.45) is 0 Å². The highest BCUT2D eigenvalue weighted by Gasteiger charge is 2.34. The summed E-state index contributed by atoms with van der Waals surface area (Å²) < 4.78 is 31.4. The van der Waals surface area contributed by atoms with Crippen molar-refractivity contribution in [3.8, 4) is 0 Å². The van der Waals surface area contributed by atoms with Crippen molar-refractivity contribution in [3.05, 3.63) is 0 Å². The van der Waals surface area contributed by atoms with Crippen molar-refractivity contribution in [2.45, 2.75) is 52.4 Å². The molecule has 120 valence electrons. The summed E-state index contributed by atoms with van der Waals surface area (Å²) in [6, 6.07) is 0. The second-order valence-corrected chi connectivity index (χ2v) is 7.13. The van der Waals surface area contributed by atoms with Gasteiger partial charge < -0.3 is 4.74 Å². The van der Waals surface area contributed by atoms with E-state index < -0.39 is 7.75 Å². The van der Waals surface area contributed by atoms with Crippen LogP contribution in [-0.4, -0.2) is 44.2 Å². The maximum Gasteiger partial charge on any atom is 0.408 e. The monoisotopic (exact) mass is 307 g/mol. The summed E-state index contributed by atoms with van der Waals surface area (Å²) in [6.07, 6.45) is 6.31. The molecule has 20 heavy (non-hydrogen) atoms. The Morgan fingerprint density at radius 3 is 1.90 bits per heavy atom. The van der Waals surface area contributed by atoms with Gasteiger partial charge in [-0.3, -0.25) is 9.05 Å². The highest BCUT2D eigenvalue weighted by molar-refractivity contribution is 7.51. The average Bonchev–Trinajstić information content (AvgIpc) is 2.49. The standard InChI is InChI=1S/C14H30NO4P/c1-3-5-7-11-18-20(16,19-12-8-6-4-2)15-9-13-17-14-10-15/h3-14H2,1-2H3. The fourth-order valence-corrected chi connectivity index (χ4v) is 3.84. The minimum atomic E-state index is -3.12. The first-order valence-corrected chi connectivity index (χ1v) is 9.44. The van der Waals surface area contributed by atoms with Crippen LogP contribution in [0.2, 0.25) is 0 Å². The predicted molar refractivity (Wildman–Crippen MR) is 81.0 cm³/mol. The Kier molecular flexibility index (Phi) is 9.74. The first kappa shape index (κ1) is 18.1. The van der Waals surface area contributed by atoms with Gasteiger partial charge in [0.25, 0.3) is 0 Å². The second kappa shape index (κ2) is 10.7. The van der Waals surface area contributed by atoms with E-state index in [4.69, 9.17) is 13.8 Å². The summed E-state index contributed by atoms with van der Waals surface area (Å²) in [6.45, 7) is 7.75. The fraction of sp³-hybridized carbons (Fsp3) is 1.00. The van der Waals surface area contributed by atoms with Gasteiger partial charge >= 0.3 is 7.75 Å². The Bertz CT molecular complexity index is 266. The van der Waals surface area contributed by atoms with E-state index in [-0.39, 0.29) is 0 Å². The van der Waals surface area contributed by atoms with Gasteiger partial charge in [0.1, 0.15) is 0 Å². The van der Waals surface area contributed by atoms with Crippen LogP contribution in [0.15, 0.2) is 0 Å². The SMILES string of the molecule is CCCCCOP(=O)(OCCCCC)N1CCOCC1. The van der Waals surface area contributed by atoms with Gasteiger partial charge in [0.2, 0.25) is 0 Å². The molecular weight excluding hydrogens is 277 g/mol. The van der Waals surface area contributed by atoms with Crippen LogP contribution in [-0.2, 0) is 18.3 Å². The zero-order chi connectivity index (χ0) is 14.7. The molecule has 0 spiro atoms. The van der Waals surface area contributed by atoms with E-state index in [0.717, 1.165) is 38.5 Å². The van der Waals surface area contributed by atoms with E-state index in [0.29, 0.717) is 39.5 Å². The molecule has 1 rings (SSSR count). The summed E-state index contributed by atoms with van der Waals surface area (Å²) in [5, 5.41) is 0. The first-order chi connectivity index (χ1) is 9.73. The molecule has 0 bridgehead atoms. The Morgan fingerprint density at radius 2 is 1.45 bits per heavy atom. The van der Waals surface area contributed by atoms with E-state index in [1.54, 1.807) is 0 Å². The second-order valence-electron chi connectivity index (χ2n) is 5.12. The van der Waals surface area contributed by atoms with E-state index in [9.17, 15) is 4.57 Å². The lowest BCUT2D eigenvalue weighted by molar-refractivity contribution is 0.0490. The molecule has 1 aliphatic heterocycles. The predicted octanol–water partition coefficient (Wildman–Crippen LogP) is 3.84. The van der Waals surface area contributed by atoms with Crippen molar-refractivity contribution in [1.29, 1.82) is 0 Å². The molecular formula is C14H30NO4P. The molecule has 0 aromatic rings. The van der Waals surface area contributed by atoms with E-state index in [1.165, 1.54) is 0 Å². The number of hydrogen-bond donors (Lipinski definition) is 0. The lowest BCUT2D eigenvalue weighted by Gasteiger charge is -2.32. The summed E-state index contributed by atoms with van der Waals surface area (Å²) in [5.41, 5.74) is 0. The van der Waals surface area contributed by atoms with E-state index >= 15 is 0 Å². The largest absolute Gasteiger partial charge is 0.408 e. The van der Waals surface area contributed by atoms with Crippen LogP contribution in [0.5, 0.6) is 0 Å². The van der Waals surface area contributed by atoms with Gasteiger partial charge in [0.05, 0.1) is 26.4 Å². The smallest absolute Gasteiger partial charge is 0.379 e. The van der Waals surface area contributed by atoms with Crippen LogP contribution in [0.25, 0.3) is 0 Å². The third-order valence-electron chi connectivity index (χ3n) is 3.34. The molecule has 0 saturated carbocycles. The number of unbranched alkanes of at least 4 members (excludes halogenated alkanes) is 4. The molecule has 6 heteroatoms. The summed E-state index contributed by atoms with van der Waals surface area (Å²) in [5.74, 6) is 0. The minimum Gasteiger partial charge on any atom is -0.379 e. The third kappa shape index (κ3) is 6.68. The molecule has 0 aromatic carbocycles. The Morgan fingerprint density at radius 1 is 0.950 bits per heavy atom. The highest BCUT2D eigenvalue weighted by atomic mass is 31.2. The molecule has 5 nitrogen and oxygen atoms in total. The molecule has 1 saturated heterocycles. The molecule has 0 radical (unpaired) electrons. The molecule has 1 fully saturated rings. The maximum atomic E-state index is 12.9. The molecule has 0 N–H and O–H groups in total. The molecule has 0 atom stereocenters. The molecule has 0 aromatic heterocycles. The number of rotatable bonds is 11. The van der Waals surface area contributed by atoms with Crippen LogP contribution in [0, 0.1) is 0 Å². The van der Waals surface area contributed by atoms with Crippen molar-refractivity contribution >= 4 is 7.75 Å². The number of ether oxygens (including phenoxy) is 1. The Labute approximate surface area is 123 Å². The Hall–Kier alpha value is 0.0700. The summed E-state index contributed by atoms with van der Waals surface area (Å²) >= 11 is 0. The molecule has 1 aliphatic rings. The first-order valence-electron chi connectivity index (χ1n) is 7.95. The van der Waals surface area contributed by atoms with Gasteiger partial charge in [-0.2, -0.15) is 0 Å². The van der Waals surface area contributed by atoms with Crippen molar-refractivity contribution < 1.29 is 18.3 Å². The van der Waals surface area contributed by atoms with Gasteiger partial charge in [-0.25, -0.2) is 9.24 Å². The molecule has 1 heterocycles. The molecule has 0 aliphatic carbocycles. The van der Waals surface area contributed by atoms with Gasteiger partial charge in [-0.05, 0) is 12.8 Å². The quantitative estimate of drug-likeness (QED) is 0.429. The normalized spacial score (nSPS) is 17.5. The number of hydrogen-bond acceptors (Lipinski definition) is 4. The summed E-state index contributed by atoms with van der Waals surface area (Å²) in [4.78, 5) is 0. The average molecular weight is 307 g/mol. The topological polar surface area (TPSA) is 48.0 Å². The van der Waals surface area contributed by atoms with Crippen molar-refractivity contribution in [2.75, 3.05) is 39.5 Å². The summed E-state index contributed by atoms with van der Waals surface area (Å²) in [7, 11) is -3.12. The van der Waals surface area contributed by atoms with Crippen LogP contribution in [0.3, 0.4) is 0 Å². The molecule has 0 unspecified atom stereocenters. The van der Waals surface area contributed by atoms with Gasteiger partial charge in [-0.1, -0.05) is 39.5 Å². The lowest BCUT2D eigenvalue weighted by atomic mass is 10.3. The van der Waals surface area contributed by atoms with Gasteiger partial charge in [0.15, 0.2) is 0 Å². The van der Waals surface area contributed by atoms with Gasteiger partial charge in [0, 0.05) is 13.1 Å². The van der Waals surface area contributed by atoms with E-state index in [2.05, 4.69) is 13.8 Å². The van der Waals surface area contributed by atoms with Crippen LogP contribution >= 0.6 is 7.75 Å². The van der Waals surface area contributed by atoms with Crippen molar-refractivity contribution in [3.63, 3.8) is 0 Å². The zero-order valence-electron chi connectivity index (χ0n) is 13.0. The van der Waals surface area contributed by atoms with Gasteiger partial charge in [-0.15, -0.1) is 0 Å². The van der Waals surface area contributed by atoms with Crippen LogP contribution in [0.1, 0.15) is 52.4 Å². The fourth-order valence-electron chi connectivity index (χ4n) is 2.06. The third-order valence-corrected chi connectivity index (χ3v) is 5.45.